The first kappa shape index (κ1) is 37.8. The van der Waals surface area contributed by atoms with Gasteiger partial charge in [0.1, 0.15) is 11.9 Å². The average molecular weight is 764 g/mol. The van der Waals surface area contributed by atoms with Gasteiger partial charge in [0, 0.05) is 69.0 Å². The molecule has 4 aliphatic rings. The predicted octanol–water partition coefficient (Wildman–Crippen LogP) is 2.67. The van der Waals surface area contributed by atoms with Crippen LogP contribution in [0.15, 0.2) is 60.9 Å². The molecule has 0 radical (unpaired) electrons. The number of allylic oxidation sites excluding steroid dienone is 1. The molecule has 2 aromatic carbocycles. The van der Waals surface area contributed by atoms with E-state index in [2.05, 4.69) is 37.7 Å². The van der Waals surface area contributed by atoms with Crippen LogP contribution >= 0.6 is 0 Å². The number of piperidine rings is 2. The van der Waals surface area contributed by atoms with Gasteiger partial charge in [-0.25, -0.2) is 14.8 Å². The maximum absolute atomic E-state index is 13.4. The first-order valence-corrected chi connectivity index (χ1v) is 18.8. The zero-order valence-corrected chi connectivity index (χ0v) is 31.2. The van der Waals surface area contributed by atoms with Crippen LogP contribution in [0.1, 0.15) is 80.1 Å². The molecule has 7 rings (SSSR count). The molecule has 17 nitrogen and oxygen atoms in total. The smallest absolute Gasteiger partial charge is 0.320 e. The Morgan fingerprint density at radius 1 is 0.982 bits per heavy atom. The number of primary amides is 1. The van der Waals surface area contributed by atoms with Crippen molar-refractivity contribution in [2.75, 3.05) is 61.8 Å². The summed E-state index contributed by atoms with van der Waals surface area (Å²) in [5, 5.41) is 11.9. The van der Waals surface area contributed by atoms with Crippen LogP contribution in [-0.2, 0) is 4.79 Å². The van der Waals surface area contributed by atoms with Gasteiger partial charge < -0.3 is 41.7 Å². The highest BCUT2D eigenvalue weighted by Gasteiger charge is 2.45. The lowest BCUT2D eigenvalue weighted by atomic mass is 10.0. The summed E-state index contributed by atoms with van der Waals surface area (Å²) in [5.74, 6) is -1.64. The van der Waals surface area contributed by atoms with Crippen LogP contribution in [0, 0.1) is 0 Å². The second kappa shape index (κ2) is 16.1. The van der Waals surface area contributed by atoms with E-state index in [-0.39, 0.29) is 40.6 Å². The van der Waals surface area contributed by atoms with E-state index in [0.29, 0.717) is 86.9 Å². The number of aromatic nitrogens is 2. The topological polar surface area (TPSA) is 215 Å². The van der Waals surface area contributed by atoms with Crippen molar-refractivity contribution in [2.45, 2.75) is 50.6 Å². The molecule has 56 heavy (non-hydrogen) atoms. The van der Waals surface area contributed by atoms with Crippen molar-refractivity contribution in [1.29, 1.82) is 0 Å². The first-order chi connectivity index (χ1) is 27.0. The molecule has 7 amide bonds. The summed E-state index contributed by atoms with van der Waals surface area (Å²) >= 11 is 0. The van der Waals surface area contributed by atoms with Crippen LogP contribution in [0.25, 0.3) is 0 Å². The number of carbonyl (C=O) groups is 6. The Balaban J connectivity index is 0.893. The van der Waals surface area contributed by atoms with Crippen LogP contribution in [-0.4, -0.2) is 119 Å². The van der Waals surface area contributed by atoms with Gasteiger partial charge in [0.2, 0.25) is 5.91 Å². The lowest BCUT2D eigenvalue weighted by molar-refractivity contribution is -0.125. The standard InChI is InChI=1S/C39H45N11O6/c1-23-10-15-29(36(53)44-23)50-37(54)27-8-5-9-28(31(27)38(50)55)41-16-3-4-17-42-35(52)24-11-13-25(14-12-24)45-34-32(33(40)51)43-21-30(46-34)48-18-6-7-26(22-48)49-20-19-47(2)39(49)56/h5,8-9,11-14,21,26,29,41H,1,3-4,6-7,10,15-20,22H2,2H3,(H2,40,51)(H,42,52)(H,44,53)(H,45,46)/t26-,29?/m1/s1. The van der Waals surface area contributed by atoms with E-state index in [1.54, 1.807) is 54.4 Å². The minimum Gasteiger partial charge on any atom is -0.384 e. The van der Waals surface area contributed by atoms with E-state index in [4.69, 9.17) is 10.7 Å². The van der Waals surface area contributed by atoms with Gasteiger partial charge >= 0.3 is 6.03 Å². The lowest BCUT2D eigenvalue weighted by Crippen LogP contribution is -2.51. The van der Waals surface area contributed by atoms with E-state index in [1.165, 1.54) is 6.20 Å². The number of nitrogens with two attached hydrogens (primary N) is 1. The first-order valence-electron chi connectivity index (χ1n) is 18.8. The zero-order valence-electron chi connectivity index (χ0n) is 31.2. The summed E-state index contributed by atoms with van der Waals surface area (Å²) in [6, 6.07) is 10.9. The molecule has 5 heterocycles. The van der Waals surface area contributed by atoms with Gasteiger partial charge in [0.25, 0.3) is 23.6 Å². The SMILES string of the molecule is C=C1CCC(N2C(=O)c3cccc(NCCCCNC(=O)c4ccc(Nc5nc(N6CCC[C@@H](N7CCN(C)C7=O)C6)cnc5C(N)=O)cc4)c3C2=O)C(=O)N1. The van der Waals surface area contributed by atoms with Crippen molar-refractivity contribution >= 4 is 58.6 Å². The largest absolute Gasteiger partial charge is 0.384 e. The molecule has 1 aromatic heterocycles. The third-order valence-corrected chi connectivity index (χ3v) is 10.6. The number of imide groups is 1. The van der Waals surface area contributed by atoms with Crippen molar-refractivity contribution in [1.82, 2.24) is 35.3 Å². The van der Waals surface area contributed by atoms with Crippen LogP contribution in [0.5, 0.6) is 0 Å². The average Bonchev–Trinajstić information content (AvgIpc) is 3.66. The van der Waals surface area contributed by atoms with E-state index < -0.39 is 29.7 Å². The Morgan fingerprint density at radius 2 is 1.77 bits per heavy atom. The second-order valence-electron chi connectivity index (χ2n) is 14.4. The third kappa shape index (κ3) is 7.69. The van der Waals surface area contributed by atoms with E-state index in [9.17, 15) is 28.8 Å². The normalized spacial score (nSPS) is 19.6. The molecule has 0 bridgehead atoms. The molecular weight excluding hydrogens is 718 g/mol. The minimum absolute atomic E-state index is 0.0194. The molecule has 2 atom stereocenters. The zero-order chi connectivity index (χ0) is 39.5. The quantitative estimate of drug-likeness (QED) is 0.126. The van der Waals surface area contributed by atoms with Crippen molar-refractivity contribution in [3.8, 4) is 0 Å². The van der Waals surface area contributed by atoms with E-state index in [1.807, 2.05) is 4.90 Å². The number of benzene rings is 2. The molecule has 0 spiro atoms. The van der Waals surface area contributed by atoms with Crippen LogP contribution in [0.4, 0.5) is 27.8 Å². The number of nitrogens with zero attached hydrogens (tertiary/aromatic N) is 6. The molecule has 3 fully saturated rings. The van der Waals surface area contributed by atoms with Gasteiger partial charge in [0.05, 0.1) is 23.4 Å². The monoisotopic (exact) mass is 763 g/mol. The number of fused-ring (bicyclic) bond motifs is 1. The van der Waals surface area contributed by atoms with Gasteiger partial charge in [-0.15, -0.1) is 0 Å². The summed E-state index contributed by atoms with van der Waals surface area (Å²) in [7, 11) is 1.80. The van der Waals surface area contributed by atoms with Gasteiger partial charge in [0.15, 0.2) is 11.5 Å². The molecule has 3 saturated heterocycles. The number of hydrogen-bond acceptors (Lipinski definition) is 11. The Bertz CT molecular complexity index is 2090. The fourth-order valence-corrected chi connectivity index (χ4v) is 7.58. The number of nitrogens with one attached hydrogen (secondary N) is 4. The van der Waals surface area contributed by atoms with E-state index in [0.717, 1.165) is 24.3 Å². The van der Waals surface area contributed by atoms with E-state index >= 15 is 0 Å². The third-order valence-electron chi connectivity index (χ3n) is 10.6. The van der Waals surface area contributed by atoms with Crippen molar-refractivity contribution < 1.29 is 28.8 Å². The Kier molecular flexibility index (Phi) is 10.8. The van der Waals surface area contributed by atoms with Crippen molar-refractivity contribution in [3.05, 3.63) is 83.3 Å². The summed E-state index contributed by atoms with van der Waals surface area (Å²) in [6.45, 7) is 7.38. The Labute approximate surface area is 323 Å². The van der Waals surface area contributed by atoms with Crippen LogP contribution < -0.4 is 31.9 Å². The van der Waals surface area contributed by atoms with Crippen molar-refractivity contribution in [3.63, 3.8) is 0 Å². The highest BCUT2D eigenvalue weighted by Crippen LogP contribution is 2.33. The molecule has 6 N–H and O–H groups in total. The Hall–Kier alpha value is -6.52. The maximum atomic E-state index is 13.4. The highest BCUT2D eigenvalue weighted by molar-refractivity contribution is 6.25. The number of amides is 7. The van der Waals surface area contributed by atoms with Gasteiger partial charge in [-0.05, 0) is 74.9 Å². The summed E-state index contributed by atoms with van der Waals surface area (Å²) in [4.78, 5) is 92.6. The number of urea groups is 1. The minimum atomic E-state index is -0.880. The lowest BCUT2D eigenvalue weighted by Gasteiger charge is -2.37. The molecule has 17 heteroatoms. The fraction of sp³-hybridized carbons (Fsp3) is 0.385. The fourth-order valence-electron chi connectivity index (χ4n) is 7.58. The summed E-state index contributed by atoms with van der Waals surface area (Å²) in [5.41, 5.74) is 8.23. The summed E-state index contributed by atoms with van der Waals surface area (Å²) < 4.78 is 0. The number of carbonyl (C=O) groups excluding carboxylic acids is 6. The highest BCUT2D eigenvalue weighted by atomic mass is 16.2. The molecule has 0 saturated carbocycles. The molecule has 3 aromatic rings. The van der Waals surface area contributed by atoms with Crippen LogP contribution in [0.2, 0.25) is 0 Å². The van der Waals surface area contributed by atoms with Gasteiger partial charge in [-0.2, -0.15) is 0 Å². The van der Waals surface area contributed by atoms with Crippen LogP contribution in [0.3, 0.4) is 0 Å². The molecular formula is C39H45N11O6. The number of likely N-dealkylation sites (N-methyl/N-ethyl adjacent to an activating group) is 1. The van der Waals surface area contributed by atoms with Gasteiger partial charge in [-0.1, -0.05) is 12.6 Å². The predicted molar refractivity (Wildman–Crippen MR) is 208 cm³/mol. The maximum Gasteiger partial charge on any atom is 0.320 e. The molecule has 4 aliphatic heterocycles. The number of hydrogen-bond donors (Lipinski definition) is 5. The molecule has 1 unspecified atom stereocenters. The van der Waals surface area contributed by atoms with Gasteiger partial charge in [-0.3, -0.25) is 28.9 Å². The number of anilines is 4. The summed E-state index contributed by atoms with van der Waals surface area (Å²) in [6.07, 6.45) is 5.43. The Morgan fingerprint density at radius 3 is 2.50 bits per heavy atom. The molecule has 0 aliphatic carbocycles. The molecule has 292 valence electrons. The number of unbranched alkanes of at least 4 members (excludes halogenated alkanes) is 1. The number of rotatable bonds is 13. The van der Waals surface area contributed by atoms with Crippen molar-refractivity contribution in [2.24, 2.45) is 5.73 Å². The second-order valence-corrected chi connectivity index (χ2v) is 14.4.